The van der Waals surface area contributed by atoms with E-state index in [-0.39, 0.29) is 17.4 Å². The van der Waals surface area contributed by atoms with Crippen LogP contribution in [0.25, 0.3) is 0 Å². The van der Waals surface area contributed by atoms with Crippen molar-refractivity contribution in [2.75, 3.05) is 19.8 Å². The largest absolute Gasteiger partial charge is 0.498 e. The van der Waals surface area contributed by atoms with Crippen LogP contribution in [0.15, 0.2) is 12.4 Å². The van der Waals surface area contributed by atoms with E-state index in [4.69, 9.17) is 18.8 Å². The van der Waals surface area contributed by atoms with Crippen LogP contribution < -0.4 is 5.46 Å². The summed E-state index contributed by atoms with van der Waals surface area (Å²) < 4.78 is 24.8. The number of aromatic nitrogens is 2. The van der Waals surface area contributed by atoms with Crippen LogP contribution in [0, 0.1) is 0 Å². The maximum absolute atomic E-state index is 6.00. The lowest BCUT2D eigenvalue weighted by molar-refractivity contribution is -0.127. The third kappa shape index (κ3) is 2.39. The minimum atomic E-state index is -0.391. The molecule has 1 aromatic heterocycles. The van der Waals surface area contributed by atoms with Crippen molar-refractivity contribution >= 4 is 12.6 Å². The summed E-state index contributed by atoms with van der Waals surface area (Å²) in [5.74, 6) is 0. The van der Waals surface area contributed by atoms with Crippen LogP contribution in [-0.2, 0) is 18.8 Å². The Labute approximate surface area is 119 Å². The normalized spacial score (nSPS) is 28.8. The van der Waals surface area contributed by atoms with E-state index in [1.165, 1.54) is 0 Å². The summed E-state index contributed by atoms with van der Waals surface area (Å²) in [5.41, 5.74) is 0.215. The molecule has 2 saturated heterocycles. The summed E-state index contributed by atoms with van der Waals surface area (Å²) in [5, 5.41) is 4.33. The van der Waals surface area contributed by atoms with Crippen LogP contribution >= 0.6 is 0 Å². The van der Waals surface area contributed by atoms with Crippen molar-refractivity contribution in [3.8, 4) is 0 Å². The van der Waals surface area contributed by atoms with E-state index in [0.717, 1.165) is 5.46 Å². The molecule has 0 radical (unpaired) electrons. The third-order valence-electron chi connectivity index (χ3n) is 4.24. The van der Waals surface area contributed by atoms with Gasteiger partial charge in [-0.3, -0.25) is 0 Å². The zero-order valence-corrected chi connectivity index (χ0v) is 12.5. The van der Waals surface area contributed by atoms with Crippen molar-refractivity contribution in [3.05, 3.63) is 12.4 Å². The van der Waals surface area contributed by atoms with Crippen LogP contribution in [0.5, 0.6) is 0 Å². The van der Waals surface area contributed by atoms with Gasteiger partial charge in [-0.15, -0.1) is 0 Å². The first-order chi connectivity index (χ1) is 9.39. The fourth-order valence-corrected chi connectivity index (χ4v) is 2.24. The van der Waals surface area contributed by atoms with Gasteiger partial charge < -0.3 is 18.8 Å². The molecule has 1 unspecified atom stereocenters. The number of nitrogens with zero attached hydrogens (tertiary/aromatic N) is 2. The van der Waals surface area contributed by atoms with Gasteiger partial charge in [0.05, 0.1) is 31.0 Å². The zero-order valence-electron chi connectivity index (χ0n) is 12.5. The van der Waals surface area contributed by atoms with Gasteiger partial charge in [-0.2, -0.15) is 5.10 Å². The minimum absolute atomic E-state index is 0.167. The molecule has 7 heteroatoms. The zero-order chi connectivity index (χ0) is 14.4. The molecule has 6 nitrogen and oxygen atoms in total. The SMILES string of the molecule is CC1(C)OB(c2cnn(C3COCCO3)c2)OC1(C)C. The molecular weight excluding hydrogens is 259 g/mol. The van der Waals surface area contributed by atoms with E-state index in [9.17, 15) is 0 Å². The van der Waals surface area contributed by atoms with Crippen LogP contribution in [0.2, 0.25) is 0 Å². The molecule has 110 valence electrons. The maximum Gasteiger partial charge on any atom is 0.498 e. The molecule has 3 heterocycles. The van der Waals surface area contributed by atoms with E-state index in [1.54, 1.807) is 10.9 Å². The van der Waals surface area contributed by atoms with E-state index in [1.807, 2.05) is 33.9 Å². The lowest BCUT2D eigenvalue weighted by Crippen LogP contribution is -2.41. The van der Waals surface area contributed by atoms with Gasteiger partial charge in [-0.05, 0) is 27.7 Å². The summed E-state index contributed by atoms with van der Waals surface area (Å²) >= 11 is 0. The van der Waals surface area contributed by atoms with Crippen LogP contribution in [0.1, 0.15) is 33.9 Å². The van der Waals surface area contributed by atoms with Crippen LogP contribution in [0.4, 0.5) is 0 Å². The molecule has 0 N–H and O–H groups in total. The quantitative estimate of drug-likeness (QED) is 0.747. The molecule has 0 aliphatic carbocycles. The van der Waals surface area contributed by atoms with Gasteiger partial charge in [0.1, 0.15) is 0 Å². The van der Waals surface area contributed by atoms with Crippen LogP contribution in [0.3, 0.4) is 0 Å². The Morgan fingerprint density at radius 3 is 2.50 bits per heavy atom. The molecule has 0 aromatic carbocycles. The molecule has 20 heavy (non-hydrogen) atoms. The Bertz CT molecular complexity index is 466. The van der Waals surface area contributed by atoms with Crippen LogP contribution in [-0.4, -0.2) is 47.9 Å². The highest BCUT2D eigenvalue weighted by Gasteiger charge is 2.52. The first kappa shape index (κ1) is 14.1. The Morgan fingerprint density at radius 1 is 1.20 bits per heavy atom. The van der Waals surface area contributed by atoms with E-state index in [2.05, 4.69) is 5.10 Å². The van der Waals surface area contributed by atoms with Crippen molar-refractivity contribution in [3.63, 3.8) is 0 Å². The summed E-state index contributed by atoms with van der Waals surface area (Å²) in [6, 6.07) is 0. The van der Waals surface area contributed by atoms with Crippen molar-refractivity contribution in [2.45, 2.75) is 45.1 Å². The maximum atomic E-state index is 6.00. The summed E-state index contributed by atoms with van der Waals surface area (Å²) in [6.45, 7) is 9.90. The van der Waals surface area contributed by atoms with Crippen molar-refractivity contribution in [1.29, 1.82) is 0 Å². The first-order valence-electron chi connectivity index (χ1n) is 6.98. The van der Waals surface area contributed by atoms with Gasteiger partial charge in [0.2, 0.25) is 0 Å². The standard InChI is InChI=1S/C13H21BN2O4/c1-12(2)13(3,4)20-14(19-12)10-7-15-16(8-10)11-9-17-5-6-18-11/h7-8,11H,5-6,9H2,1-4H3. The third-order valence-corrected chi connectivity index (χ3v) is 4.24. The molecule has 0 amide bonds. The van der Waals surface area contributed by atoms with Crippen molar-refractivity contribution < 1.29 is 18.8 Å². The summed E-state index contributed by atoms with van der Waals surface area (Å²) in [4.78, 5) is 0. The second-order valence-corrected chi connectivity index (χ2v) is 6.24. The predicted molar refractivity (Wildman–Crippen MR) is 73.8 cm³/mol. The average Bonchev–Trinajstić information content (AvgIpc) is 2.94. The van der Waals surface area contributed by atoms with Gasteiger partial charge in [0.15, 0.2) is 6.23 Å². The van der Waals surface area contributed by atoms with Gasteiger partial charge in [0, 0.05) is 17.9 Å². The fourth-order valence-electron chi connectivity index (χ4n) is 2.24. The Balaban J connectivity index is 1.74. The Kier molecular flexibility index (Phi) is 3.40. The van der Waals surface area contributed by atoms with Gasteiger partial charge >= 0.3 is 7.12 Å². The van der Waals surface area contributed by atoms with Crippen molar-refractivity contribution in [2.24, 2.45) is 0 Å². The molecule has 2 fully saturated rings. The number of hydrogen-bond acceptors (Lipinski definition) is 5. The molecule has 0 saturated carbocycles. The lowest BCUT2D eigenvalue weighted by atomic mass is 9.82. The monoisotopic (exact) mass is 280 g/mol. The second-order valence-electron chi connectivity index (χ2n) is 6.24. The lowest BCUT2D eigenvalue weighted by Gasteiger charge is -2.32. The topological polar surface area (TPSA) is 54.7 Å². The second kappa shape index (κ2) is 4.84. The molecular formula is C13H21BN2O4. The van der Waals surface area contributed by atoms with E-state index >= 15 is 0 Å². The Morgan fingerprint density at radius 2 is 1.90 bits per heavy atom. The highest BCUT2D eigenvalue weighted by molar-refractivity contribution is 6.61. The number of ether oxygens (including phenoxy) is 2. The smallest absolute Gasteiger partial charge is 0.399 e. The molecule has 1 aromatic rings. The number of rotatable bonds is 2. The van der Waals surface area contributed by atoms with Gasteiger partial charge in [-0.25, -0.2) is 4.68 Å². The molecule has 0 spiro atoms. The summed E-state index contributed by atoms with van der Waals surface area (Å²) in [6.07, 6.45) is 3.50. The first-order valence-corrected chi connectivity index (χ1v) is 6.98. The van der Waals surface area contributed by atoms with Gasteiger partial charge in [-0.1, -0.05) is 0 Å². The highest BCUT2D eigenvalue weighted by atomic mass is 16.7. The minimum Gasteiger partial charge on any atom is -0.399 e. The molecule has 2 aliphatic rings. The predicted octanol–water partition coefficient (Wildman–Crippen LogP) is 0.728. The summed E-state index contributed by atoms with van der Waals surface area (Å²) in [7, 11) is -0.391. The molecule has 0 bridgehead atoms. The Hall–Kier alpha value is -0.885. The highest BCUT2D eigenvalue weighted by Crippen LogP contribution is 2.36. The van der Waals surface area contributed by atoms with Crippen molar-refractivity contribution in [1.82, 2.24) is 9.78 Å². The fraction of sp³-hybridized carbons (Fsp3) is 0.769. The number of hydrogen-bond donors (Lipinski definition) is 0. The molecule has 2 aliphatic heterocycles. The van der Waals surface area contributed by atoms with E-state index < -0.39 is 7.12 Å². The van der Waals surface area contributed by atoms with Gasteiger partial charge in [0.25, 0.3) is 0 Å². The average molecular weight is 280 g/mol. The molecule has 3 rings (SSSR count). The van der Waals surface area contributed by atoms with E-state index in [0.29, 0.717) is 19.8 Å². The molecule has 1 atom stereocenters.